The van der Waals surface area contributed by atoms with Gasteiger partial charge in [0.15, 0.2) is 0 Å². The van der Waals surface area contributed by atoms with Gasteiger partial charge in [-0.05, 0) is 42.8 Å². The van der Waals surface area contributed by atoms with Crippen LogP contribution in [0.1, 0.15) is 15.9 Å². The molecule has 2 rings (SSSR count). The van der Waals surface area contributed by atoms with Gasteiger partial charge in [-0.25, -0.2) is 4.98 Å². The molecule has 4 nitrogen and oxygen atoms in total. The van der Waals surface area contributed by atoms with Crippen LogP contribution in [0.2, 0.25) is 5.15 Å². The number of aromatic nitrogens is 1. The average Bonchev–Trinajstić information content (AvgIpc) is 2.43. The molecule has 0 saturated heterocycles. The minimum absolute atomic E-state index is 0.203. The molecule has 98 valence electrons. The van der Waals surface area contributed by atoms with Gasteiger partial charge in [0.1, 0.15) is 10.9 Å². The van der Waals surface area contributed by atoms with Crippen molar-refractivity contribution in [3.8, 4) is 5.75 Å². The lowest BCUT2D eigenvalue weighted by atomic mass is 10.2. The van der Waals surface area contributed by atoms with Gasteiger partial charge >= 0.3 is 0 Å². The Morgan fingerprint density at radius 3 is 2.58 bits per heavy atom. The Kier molecular flexibility index (Phi) is 4.02. The topological polar surface area (TPSA) is 51.2 Å². The van der Waals surface area contributed by atoms with Crippen molar-refractivity contribution >= 4 is 23.2 Å². The summed E-state index contributed by atoms with van der Waals surface area (Å²) < 4.78 is 5.04. The fourth-order valence-corrected chi connectivity index (χ4v) is 1.68. The van der Waals surface area contributed by atoms with Crippen LogP contribution < -0.4 is 10.1 Å². The summed E-state index contributed by atoms with van der Waals surface area (Å²) in [6.07, 6.45) is 1.52. The van der Waals surface area contributed by atoms with E-state index in [1.807, 2.05) is 6.92 Å². The number of rotatable bonds is 3. The molecule has 5 heteroatoms. The summed E-state index contributed by atoms with van der Waals surface area (Å²) in [5.41, 5.74) is 1.98. The van der Waals surface area contributed by atoms with Crippen LogP contribution >= 0.6 is 11.6 Å². The van der Waals surface area contributed by atoms with Crippen LogP contribution in [0, 0.1) is 6.92 Å². The Bertz CT molecular complexity index is 597. The molecule has 2 aromatic rings. The zero-order chi connectivity index (χ0) is 13.8. The van der Waals surface area contributed by atoms with E-state index in [0.29, 0.717) is 22.2 Å². The van der Waals surface area contributed by atoms with Crippen LogP contribution in [0.15, 0.2) is 36.5 Å². The lowest BCUT2D eigenvalue weighted by Gasteiger charge is -2.07. The molecule has 0 aliphatic rings. The number of nitrogens with zero attached hydrogens (tertiary/aromatic N) is 1. The van der Waals surface area contributed by atoms with Gasteiger partial charge in [-0.1, -0.05) is 11.6 Å². The summed E-state index contributed by atoms with van der Waals surface area (Å²) in [5.74, 6) is 0.506. The first-order valence-corrected chi connectivity index (χ1v) is 6.05. The smallest absolute Gasteiger partial charge is 0.255 e. The molecule has 1 aromatic heterocycles. The Morgan fingerprint density at radius 2 is 2.00 bits per heavy atom. The van der Waals surface area contributed by atoms with Gasteiger partial charge in [0.2, 0.25) is 0 Å². The van der Waals surface area contributed by atoms with Crippen molar-refractivity contribution in [3.05, 3.63) is 52.8 Å². The Hall–Kier alpha value is -2.07. The molecule has 0 unspecified atom stereocenters. The highest BCUT2D eigenvalue weighted by atomic mass is 35.5. The summed E-state index contributed by atoms with van der Waals surface area (Å²) in [6, 6.07) is 8.64. The Morgan fingerprint density at radius 1 is 1.32 bits per heavy atom. The second-order valence-corrected chi connectivity index (χ2v) is 4.37. The summed E-state index contributed by atoms with van der Waals surface area (Å²) >= 11 is 5.83. The van der Waals surface area contributed by atoms with E-state index < -0.39 is 0 Å². The third kappa shape index (κ3) is 3.23. The molecule has 0 saturated carbocycles. The number of pyridine rings is 1. The van der Waals surface area contributed by atoms with Gasteiger partial charge in [0.05, 0.1) is 19.0 Å². The van der Waals surface area contributed by atoms with E-state index in [-0.39, 0.29) is 5.91 Å². The van der Waals surface area contributed by atoms with Gasteiger partial charge in [0, 0.05) is 5.56 Å². The normalized spacial score (nSPS) is 10.1. The number of carbonyl (C=O) groups is 1. The maximum absolute atomic E-state index is 12.0. The molecule has 1 amide bonds. The van der Waals surface area contributed by atoms with Gasteiger partial charge in [-0.3, -0.25) is 4.79 Å². The molecule has 1 N–H and O–H groups in total. The summed E-state index contributed by atoms with van der Waals surface area (Å²) in [7, 11) is 1.58. The predicted molar refractivity (Wildman–Crippen MR) is 74.9 cm³/mol. The Balaban J connectivity index is 2.13. The summed E-state index contributed by atoms with van der Waals surface area (Å²) in [6.45, 7) is 1.83. The zero-order valence-electron chi connectivity index (χ0n) is 10.6. The van der Waals surface area contributed by atoms with Gasteiger partial charge in [-0.2, -0.15) is 0 Å². The number of halogens is 1. The highest BCUT2D eigenvalue weighted by Crippen LogP contribution is 2.17. The van der Waals surface area contributed by atoms with Crippen LogP contribution in [0.5, 0.6) is 5.75 Å². The minimum Gasteiger partial charge on any atom is -0.497 e. The number of carbonyl (C=O) groups excluding carboxylic acids is 1. The molecular weight excluding hydrogens is 264 g/mol. The van der Waals surface area contributed by atoms with Crippen LogP contribution in [0.4, 0.5) is 5.69 Å². The number of aryl methyl sites for hydroxylation is 1. The number of anilines is 1. The van der Waals surface area contributed by atoms with Gasteiger partial charge in [-0.15, -0.1) is 0 Å². The molecule has 0 fully saturated rings. The van der Waals surface area contributed by atoms with E-state index in [1.165, 1.54) is 6.20 Å². The van der Waals surface area contributed by atoms with Crippen LogP contribution in [-0.4, -0.2) is 18.0 Å². The lowest BCUT2D eigenvalue weighted by molar-refractivity contribution is 0.102. The third-order valence-corrected chi connectivity index (χ3v) is 3.02. The monoisotopic (exact) mass is 276 g/mol. The number of amides is 1. The van der Waals surface area contributed by atoms with E-state index in [2.05, 4.69) is 10.3 Å². The van der Waals surface area contributed by atoms with Crippen molar-refractivity contribution < 1.29 is 9.53 Å². The third-order valence-electron chi connectivity index (χ3n) is 2.62. The van der Waals surface area contributed by atoms with E-state index in [1.54, 1.807) is 37.4 Å². The maximum atomic E-state index is 12.0. The first-order chi connectivity index (χ1) is 9.10. The number of benzene rings is 1. The molecule has 0 spiro atoms. The second-order valence-electron chi connectivity index (χ2n) is 4.01. The number of hydrogen-bond acceptors (Lipinski definition) is 3. The molecule has 0 radical (unpaired) electrons. The van der Waals surface area contributed by atoms with Crippen molar-refractivity contribution in [2.24, 2.45) is 0 Å². The van der Waals surface area contributed by atoms with Crippen molar-refractivity contribution in [2.75, 3.05) is 12.4 Å². The minimum atomic E-state index is -0.203. The molecule has 19 heavy (non-hydrogen) atoms. The number of nitrogens with one attached hydrogen (secondary N) is 1. The van der Waals surface area contributed by atoms with Crippen LogP contribution in [-0.2, 0) is 0 Å². The van der Waals surface area contributed by atoms with E-state index >= 15 is 0 Å². The maximum Gasteiger partial charge on any atom is 0.255 e. The van der Waals surface area contributed by atoms with Crippen molar-refractivity contribution in [2.45, 2.75) is 6.92 Å². The van der Waals surface area contributed by atoms with Crippen molar-refractivity contribution in [1.29, 1.82) is 0 Å². The standard InChI is InChI=1S/C14H13ClN2O2/c1-9-7-11(8-16-13(9)15)17-14(18)10-3-5-12(19-2)6-4-10/h3-8H,1-2H3,(H,17,18). The fourth-order valence-electron chi connectivity index (χ4n) is 1.57. The molecule has 1 aromatic carbocycles. The second kappa shape index (κ2) is 5.71. The quantitative estimate of drug-likeness (QED) is 0.875. The lowest BCUT2D eigenvalue weighted by Crippen LogP contribution is -2.12. The summed E-state index contributed by atoms with van der Waals surface area (Å²) in [4.78, 5) is 16.0. The highest BCUT2D eigenvalue weighted by Gasteiger charge is 2.07. The first-order valence-electron chi connectivity index (χ1n) is 5.67. The molecular formula is C14H13ClN2O2. The molecule has 0 bridgehead atoms. The SMILES string of the molecule is COc1ccc(C(=O)Nc2cnc(Cl)c(C)c2)cc1. The first kappa shape index (κ1) is 13.4. The number of ether oxygens (including phenoxy) is 1. The zero-order valence-corrected chi connectivity index (χ0v) is 11.4. The molecule has 0 aliphatic carbocycles. The van der Waals surface area contributed by atoms with Crippen LogP contribution in [0.25, 0.3) is 0 Å². The average molecular weight is 277 g/mol. The van der Waals surface area contributed by atoms with Crippen LogP contribution in [0.3, 0.4) is 0 Å². The van der Waals surface area contributed by atoms with Gasteiger partial charge < -0.3 is 10.1 Å². The largest absolute Gasteiger partial charge is 0.497 e. The van der Waals surface area contributed by atoms with E-state index in [0.717, 1.165) is 5.56 Å². The number of hydrogen-bond donors (Lipinski definition) is 1. The van der Waals surface area contributed by atoms with Gasteiger partial charge in [0.25, 0.3) is 5.91 Å². The highest BCUT2D eigenvalue weighted by molar-refractivity contribution is 6.30. The predicted octanol–water partition coefficient (Wildman–Crippen LogP) is 3.30. The Labute approximate surface area is 116 Å². The fraction of sp³-hybridized carbons (Fsp3) is 0.143. The molecule has 0 atom stereocenters. The van der Waals surface area contributed by atoms with Crippen molar-refractivity contribution in [1.82, 2.24) is 4.98 Å². The van der Waals surface area contributed by atoms with E-state index in [9.17, 15) is 4.79 Å². The van der Waals surface area contributed by atoms with E-state index in [4.69, 9.17) is 16.3 Å². The summed E-state index contributed by atoms with van der Waals surface area (Å²) in [5, 5.41) is 3.20. The molecule has 1 heterocycles. The number of methoxy groups -OCH3 is 1. The van der Waals surface area contributed by atoms with Crippen molar-refractivity contribution in [3.63, 3.8) is 0 Å². The molecule has 0 aliphatic heterocycles.